The van der Waals surface area contributed by atoms with Gasteiger partial charge in [-0.3, -0.25) is 5.32 Å². The summed E-state index contributed by atoms with van der Waals surface area (Å²) in [4.78, 5) is 14.1. The van der Waals surface area contributed by atoms with Crippen LogP contribution in [0.5, 0.6) is 0 Å². The molecule has 1 unspecified atom stereocenters. The summed E-state index contributed by atoms with van der Waals surface area (Å²) >= 11 is 0. The van der Waals surface area contributed by atoms with E-state index in [1.54, 1.807) is 0 Å². The van der Waals surface area contributed by atoms with Crippen molar-refractivity contribution in [3.63, 3.8) is 0 Å². The van der Waals surface area contributed by atoms with E-state index in [1.807, 2.05) is 52.2 Å². The number of hydrogen-bond acceptors (Lipinski definition) is 4. The molecule has 4 heteroatoms. The number of rotatable bonds is 7. The SMILES string of the molecule is CCOC(=O)C(NCCN(C)C)c1ccccc1C. The van der Waals surface area contributed by atoms with Gasteiger partial charge < -0.3 is 9.64 Å². The van der Waals surface area contributed by atoms with E-state index in [4.69, 9.17) is 4.74 Å². The second-order valence-electron chi connectivity index (χ2n) is 4.80. The highest BCUT2D eigenvalue weighted by molar-refractivity contribution is 5.78. The molecule has 1 rings (SSSR count). The fraction of sp³-hybridized carbons (Fsp3) is 0.533. The molecule has 0 aliphatic carbocycles. The molecule has 0 saturated heterocycles. The van der Waals surface area contributed by atoms with E-state index in [2.05, 4.69) is 10.2 Å². The molecule has 0 aromatic heterocycles. The van der Waals surface area contributed by atoms with Crippen LogP contribution in [0, 0.1) is 6.92 Å². The molecule has 0 heterocycles. The quantitative estimate of drug-likeness (QED) is 0.762. The number of aryl methyl sites for hydroxylation is 1. The summed E-state index contributed by atoms with van der Waals surface area (Å²) in [5, 5.41) is 3.28. The number of carbonyl (C=O) groups excluding carboxylic acids is 1. The smallest absolute Gasteiger partial charge is 0.327 e. The minimum Gasteiger partial charge on any atom is -0.465 e. The molecule has 0 aliphatic heterocycles. The highest BCUT2D eigenvalue weighted by Crippen LogP contribution is 2.18. The standard InChI is InChI=1S/C15H24N2O2/c1-5-19-15(18)14(16-10-11-17(3)4)13-9-7-6-8-12(13)2/h6-9,14,16H,5,10-11H2,1-4H3. The second kappa shape index (κ2) is 7.92. The second-order valence-corrected chi connectivity index (χ2v) is 4.80. The molecule has 106 valence electrons. The van der Waals surface area contributed by atoms with Crippen molar-refractivity contribution in [1.29, 1.82) is 0 Å². The van der Waals surface area contributed by atoms with Crippen LogP contribution in [-0.2, 0) is 9.53 Å². The molecular weight excluding hydrogens is 240 g/mol. The Morgan fingerprint density at radius 1 is 1.37 bits per heavy atom. The number of benzene rings is 1. The first-order valence-electron chi connectivity index (χ1n) is 6.66. The van der Waals surface area contributed by atoms with E-state index < -0.39 is 0 Å². The molecule has 1 aromatic carbocycles. The lowest BCUT2D eigenvalue weighted by Gasteiger charge is -2.20. The van der Waals surface area contributed by atoms with Gasteiger partial charge in [0.05, 0.1) is 6.61 Å². The van der Waals surface area contributed by atoms with Gasteiger partial charge in [0.2, 0.25) is 0 Å². The zero-order valence-corrected chi connectivity index (χ0v) is 12.3. The Bertz CT molecular complexity index is 405. The van der Waals surface area contributed by atoms with Crippen LogP contribution in [0.25, 0.3) is 0 Å². The van der Waals surface area contributed by atoms with Crippen LogP contribution in [0.2, 0.25) is 0 Å². The average Bonchev–Trinajstić information content (AvgIpc) is 2.36. The third-order valence-electron chi connectivity index (χ3n) is 2.93. The molecule has 0 radical (unpaired) electrons. The Kier molecular flexibility index (Phi) is 6.53. The molecule has 0 fully saturated rings. The van der Waals surface area contributed by atoms with Gasteiger partial charge in [0.1, 0.15) is 6.04 Å². The largest absolute Gasteiger partial charge is 0.465 e. The monoisotopic (exact) mass is 264 g/mol. The molecule has 0 spiro atoms. The van der Waals surface area contributed by atoms with Crippen LogP contribution in [0.1, 0.15) is 24.1 Å². The number of nitrogens with zero attached hydrogens (tertiary/aromatic N) is 1. The maximum atomic E-state index is 12.1. The van der Waals surface area contributed by atoms with Gasteiger partial charge in [-0.1, -0.05) is 24.3 Å². The normalized spacial score (nSPS) is 12.5. The molecule has 0 bridgehead atoms. The van der Waals surface area contributed by atoms with E-state index in [1.165, 1.54) is 0 Å². The zero-order valence-electron chi connectivity index (χ0n) is 12.3. The summed E-state index contributed by atoms with van der Waals surface area (Å²) < 4.78 is 5.16. The van der Waals surface area contributed by atoms with Crippen molar-refractivity contribution in [2.24, 2.45) is 0 Å². The molecule has 0 amide bonds. The van der Waals surface area contributed by atoms with Crippen LogP contribution < -0.4 is 5.32 Å². The minimum absolute atomic E-state index is 0.212. The first-order valence-corrected chi connectivity index (χ1v) is 6.66. The van der Waals surface area contributed by atoms with Gasteiger partial charge in [0, 0.05) is 13.1 Å². The molecule has 1 atom stereocenters. The van der Waals surface area contributed by atoms with Gasteiger partial charge in [0.25, 0.3) is 0 Å². The lowest BCUT2D eigenvalue weighted by atomic mass is 10.0. The topological polar surface area (TPSA) is 41.6 Å². The van der Waals surface area contributed by atoms with Gasteiger partial charge in [-0.25, -0.2) is 4.79 Å². The predicted octanol–water partition coefficient (Wildman–Crippen LogP) is 1.75. The van der Waals surface area contributed by atoms with Crippen molar-refractivity contribution >= 4 is 5.97 Å². The first kappa shape index (κ1) is 15.7. The van der Waals surface area contributed by atoms with Crippen LogP contribution in [0.4, 0.5) is 0 Å². The number of nitrogens with one attached hydrogen (secondary N) is 1. The lowest BCUT2D eigenvalue weighted by molar-refractivity contribution is -0.145. The maximum Gasteiger partial charge on any atom is 0.327 e. The summed E-state index contributed by atoms with van der Waals surface area (Å²) in [5.41, 5.74) is 2.08. The lowest BCUT2D eigenvalue weighted by Crippen LogP contribution is -2.35. The fourth-order valence-corrected chi connectivity index (χ4v) is 1.89. The Balaban J connectivity index is 2.80. The third-order valence-corrected chi connectivity index (χ3v) is 2.93. The van der Waals surface area contributed by atoms with Crippen molar-refractivity contribution in [3.8, 4) is 0 Å². The summed E-state index contributed by atoms with van der Waals surface area (Å²) in [6.45, 7) is 5.85. The Labute approximate surface area is 115 Å². The van der Waals surface area contributed by atoms with Crippen LogP contribution >= 0.6 is 0 Å². The van der Waals surface area contributed by atoms with E-state index in [0.717, 1.165) is 24.2 Å². The van der Waals surface area contributed by atoms with Crippen molar-refractivity contribution in [3.05, 3.63) is 35.4 Å². The number of likely N-dealkylation sites (N-methyl/N-ethyl adjacent to an activating group) is 1. The van der Waals surface area contributed by atoms with Gasteiger partial charge in [-0.15, -0.1) is 0 Å². The number of ether oxygens (including phenoxy) is 1. The number of hydrogen-bond donors (Lipinski definition) is 1. The highest BCUT2D eigenvalue weighted by Gasteiger charge is 2.22. The summed E-state index contributed by atoms with van der Waals surface area (Å²) in [6, 6.07) is 7.51. The van der Waals surface area contributed by atoms with Gasteiger partial charge in [0.15, 0.2) is 0 Å². The van der Waals surface area contributed by atoms with E-state index >= 15 is 0 Å². The molecule has 1 aromatic rings. The molecule has 19 heavy (non-hydrogen) atoms. The summed E-state index contributed by atoms with van der Waals surface area (Å²) in [5.74, 6) is -0.212. The fourth-order valence-electron chi connectivity index (χ4n) is 1.89. The average molecular weight is 264 g/mol. The summed E-state index contributed by atoms with van der Waals surface area (Å²) in [6.07, 6.45) is 0. The van der Waals surface area contributed by atoms with Gasteiger partial charge >= 0.3 is 5.97 Å². The van der Waals surface area contributed by atoms with Gasteiger partial charge in [-0.05, 0) is 39.1 Å². The highest BCUT2D eigenvalue weighted by atomic mass is 16.5. The van der Waals surface area contributed by atoms with E-state index in [0.29, 0.717) is 6.61 Å². The first-order chi connectivity index (χ1) is 9.06. The summed E-state index contributed by atoms with van der Waals surface area (Å²) in [7, 11) is 4.02. The molecular formula is C15H24N2O2. The predicted molar refractivity (Wildman–Crippen MR) is 77.1 cm³/mol. The van der Waals surface area contributed by atoms with Crippen molar-refractivity contribution in [1.82, 2.24) is 10.2 Å². The minimum atomic E-state index is -0.388. The molecule has 4 nitrogen and oxygen atoms in total. The van der Waals surface area contributed by atoms with Crippen molar-refractivity contribution in [2.75, 3.05) is 33.8 Å². The Morgan fingerprint density at radius 3 is 2.63 bits per heavy atom. The van der Waals surface area contributed by atoms with E-state index in [-0.39, 0.29) is 12.0 Å². The third kappa shape index (κ3) is 5.01. The zero-order chi connectivity index (χ0) is 14.3. The molecule has 0 saturated carbocycles. The van der Waals surface area contributed by atoms with Crippen LogP contribution in [0.15, 0.2) is 24.3 Å². The molecule has 0 aliphatic rings. The van der Waals surface area contributed by atoms with Gasteiger partial charge in [-0.2, -0.15) is 0 Å². The van der Waals surface area contributed by atoms with Crippen LogP contribution in [0.3, 0.4) is 0 Å². The maximum absolute atomic E-state index is 12.1. The number of carbonyl (C=O) groups is 1. The number of esters is 1. The Morgan fingerprint density at radius 2 is 2.05 bits per heavy atom. The van der Waals surface area contributed by atoms with Crippen molar-refractivity contribution in [2.45, 2.75) is 19.9 Å². The van der Waals surface area contributed by atoms with E-state index in [9.17, 15) is 4.79 Å². The Hall–Kier alpha value is -1.39. The van der Waals surface area contributed by atoms with Crippen molar-refractivity contribution < 1.29 is 9.53 Å². The van der Waals surface area contributed by atoms with Crippen LogP contribution in [-0.4, -0.2) is 44.7 Å². The molecule has 1 N–H and O–H groups in total.